The van der Waals surface area contributed by atoms with E-state index >= 15 is 8.78 Å². The van der Waals surface area contributed by atoms with Crippen molar-refractivity contribution in [3.05, 3.63) is 104 Å². The van der Waals surface area contributed by atoms with E-state index in [0.717, 1.165) is 61.0 Å². The van der Waals surface area contributed by atoms with Gasteiger partial charge in [-0.25, -0.2) is 31.0 Å². The van der Waals surface area contributed by atoms with Crippen molar-refractivity contribution in [1.82, 2.24) is 34.4 Å². The van der Waals surface area contributed by atoms with Crippen molar-refractivity contribution in [2.24, 2.45) is 13.0 Å². The predicted octanol–water partition coefficient (Wildman–Crippen LogP) is 7.01. The maximum Gasteiger partial charge on any atom is 0.293 e. The number of sulfonamides is 1. The molecule has 3 aromatic carbocycles. The van der Waals surface area contributed by atoms with Gasteiger partial charge in [0, 0.05) is 49.8 Å². The zero-order chi connectivity index (χ0) is 43.3. The van der Waals surface area contributed by atoms with E-state index in [1.165, 1.54) is 23.9 Å². The fourth-order valence-corrected chi connectivity index (χ4v) is 9.65. The van der Waals surface area contributed by atoms with Crippen molar-refractivity contribution in [1.29, 1.82) is 0 Å². The lowest BCUT2D eigenvalue weighted by Gasteiger charge is -2.29. The molecule has 0 radical (unpaired) electrons. The Bertz CT molecular complexity index is 2950. The van der Waals surface area contributed by atoms with Crippen LogP contribution < -0.4 is 20.5 Å². The third-order valence-corrected chi connectivity index (χ3v) is 12.4. The minimum Gasteiger partial charge on any atom is -0.371 e. The number of benzene rings is 3. The molecule has 3 aliphatic rings. The topological polar surface area (TPSA) is 149 Å². The van der Waals surface area contributed by atoms with Crippen LogP contribution in [0.2, 0.25) is 5.02 Å². The van der Waals surface area contributed by atoms with Gasteiger partial charge in [0.2, 0.25) is 15.9 Å². The van der Waals surface area contributed by atoms with Crippen LogP contribution in [0.25, 0.3) is 27.5 Å². The molecule has 3 aromatic heterocycles. The molecule has 0 spiro atoms. The molecule has 1 saturated heterocycles. The van der Waals surface area contributed by atoms with E-state index in [1.807, 2.05) is 0 Å². The van der Waals surface area contributed by atoms with Gasteiger partial charge >= 0.3 is 0 Å². The van der Waals surface area contributed by atoms with Gasteiger partial charge in [-0.1, -0.05) is 11.6 Å². The maximum atomic E-state index is 15.5. The molecule has 4 heterocycles. The van der Waals surface area contributed by atoms with Crippen molar-refractivity contribution in [3.63, 3.8) is 0 Å². The third-order valence-electron chi connectivity index (χ3n) is 11.5. The number of hydrogen-bond acceptors (Lipinski definition) is 8. The molecule has 1 saturated carbocycles. The predicted molar refractivity (Wildman–Crippen MR) is 214 cm³/mol. The molecule has 13 nitrogen and oxygen atoms in total. The number of halogens is 7. The highest BCUT2D eigenvalue weighted by Gasteiger charge is 2.67. The van der Waals surface area contributed by atoms with Crippen molar-refractivity contribution in [2.45, 2.75) is 63.0 Å². The van der Waals surface area contributed by atoms with Crippen LogP contribution in [0, 0.1) is 17.6 Å². The number of carbonyl (C=O) groups is 1. The molecule has 2 aliphatic carbocycles. The second kappa shape index (κ2) is 14.8. The smallest absolute Gasteiger partial charge is 0.293 e. The number of amides is 1. The van der Waals surface area contributed by atoms with Crippen LogP contribution in [0.1, 0.15) is 72.4 Å². The Balaban J connectivity index is 1.24. The average molecular weight is 888 g/mol. The van der Waals surface area contributed by atoms with Gasteiger partial charge in [0.25, 0.3) is 17.9 Å². The molecule has 320 valence electrons. The lowest BCUT2D eigenvalue weighted by Crippen LogP contribution is -2.38. The second-order valence-corrected chi connectivity index (χ2v) is 17.9. The normalized spacial score (nSPS) is 18.8. The van der Waals surface area contributed by atoms with Gasteiger partial charge in [0.05, 0.1) is 44.8 Å². The largest absolute Gasteiger partial charge is 0.371 e. The average Bonchev–Trinajstić information content (AvgIpc) is 3.73. The van der Waals surface area contributed by atoms with Crippen LogP contribution in [-0.4, -0.2) is 62.8 Å². The first-order valence-corrected chi connectivity index (χ1v) is 21.6. The Hall–Kier alpha value is -5.63. The number of nitrogens with one attached hydrogen (secondary N) is 2. The van der Waals surface area contributed by atoms with E-state index in [0.29, 0.717) is 10.7 Å². The molecule has 1 aliphatic heterocycles. The van der Waals surface area contributed by atoms with E-state index in [1.54, 1.807) is 18.2 Å². The van der Waals surface area contributed by atoms with Gasteiger partial charge in [-0.2, -0.15) is 19.0 Å². The maximum absolute atomic E-state index is 15.5. The highest BCUT2D eigenvalue weighted by Crippen LogP contribution is 2.68. The Morgan fingerprint density at radius 2 is 1.74 bits per heavy atom. The van der Waals surface area contributed by atoms with Crippen LogP contribution in [-0.2, 0) is 40.8 Å². The van der Waals surface area contributed by atoms with E-state index < -0.39 is 87.7 Å². The Morgan fingerprint density at radius 1 is 1.02 bits per heavy atom. The quantitative estimate of drug-likeness (QED) is 0.132. The lowest BCUT2D eigenvalue weighted by atomic mass is 10.0. The number of piperidine rings is 1. The zero-order valence-electron chi connectivity index (χ0n) is 32.4. The van der Waals surface area contributed by atoms with Gasteiger partial charge in [-0.3, -0.25) is 28.2 Å². The molecule has 9 rings (SSSR count). The van der Waals surface area contributed by atoms with Crippen LogP contribution in [0.4, 0.5) is 37.8 Å². The van der Waals surface area contributed by atoms with E-state index in [4.69, 9.17) is 16.6 Å². The van der Waals surface area contributed by atoms with Crippen molar-refractivity contribution in [3.8, 4) is 5.69 Å². The summed E-state index contributed by atoms with van der Waals surface area (Å²) >= 11 is 6.64. The first-order chi connectivity index (χ1) is 28.9. The number of alkyl halides is 4. The van der Waals surface area contributed by atoms with Gasteiger partial charge in [-0.05, 0) is 79.6 Å². The van der Waals surface area contributed by atoms with Crippen molar-refractivity contribution in [2.75, 3.05) is 29.0 Å². The summed E-state index contributed by atoms with van der Waals surface area (Å²) in [4.78, 5) is 36.2. The monoisotopic (exact) mass is 887 g/mol. The fraction of sp³-hybridized carbons (Fsp3) is 0.375. The standard InChI is InChI=1S/C40H36ClF6N9O4S/c1-53-34-29(9-8-26(41)32(34)37(51-53)52-61(2,59)60)56-38(49-27-16-22(6-7-23(27)39(56)58)54-10-4-3-5-11-54)28(14-19-12-20(42)15-21(43)13-19)48-30(57)18-55-35-31(33(50-55)36(44)45)24-17-25(24)40(35,46)47/h6-9,12-13,15-16,24-25,28,36H,3-5,10-11,14,17-18H2,1-2H3,(H,48,57)(H,51,52)/t24-,25+,28-/m0/s1. The first kappa shape index (κ1) is 40.8. The number of fused-ring (bicyclic) bond motifs is 5. The van der Waals surface area contributed by atoms with E-state index in [9.17, 15) is 35.6 Å². The van der Waals surface area contributed by atoms with Crippen molar-refractivity contribution < 1.29 is 39.6 Å². The summed E-state index contributed by atoms with van der Waals surface area (Å²) in [5.41, 5.74) is -1.41. The number of aryl methyl sites for hydroxylation is 1. The molecule has 2 N–H and O–H groups in total. The summed E-state index contributed by atoms with van der Waals surface area (Å²) in [5, 5.41) is 11.0. The van der Waals surface area contributed by atoms with Gasteiger partial charge < -0.3 is 10.2 Å². The minimum atomic E-state index is -3.89. The molecule has 61 heavy (non-hydrogen) atoms. The number of aromatic nitrogens is 6. The summed E-state index contributed by atoms with van der Waals surface area (Å²) in [6.45, 7) is 0.539. The highest BCUT2D eigenvalue weighted by atomic mass is 35.5. The Kier molecular flexibility index (Phi) is 9.87. The molecule has 0 bridgehead atoms. The molecule has 21 heteroatoms. The third kappa shape index (κ3) is 7.25. The van der Waals surface area contributed by atoms with Crippen molar-refractivity contribution >= 4 is 60.8 Å². The van der Waals surface area contributed by atoms with Crippen LogP contribution in [0.15, 0.2) is 53.3 Å². The van der Waals surface area contributed by atoms with Crippen LogP contribution in [0.3, 0.4) is 0 Å². The highest BCUT2D eigenvalue weighted by molar-refractivity contribution is 7.92. The number of hydrogen-bond donors (Lipinski definition) is 2. The number of carbonyl (C=O) groups excluding carboxylic acids is 1. The summed E-state index contributed by atoms with van der Waals surface area (Å²) in [6.07, 6.45) is 0.240. The molecular formula is C40H36ClF6N9O4S. The van der Waals surface area contributed by atoms with Gasteiger partial charge in [0.15, 0.2) is 5.82 Å². The molecular weight excluding hydrogens is 852 g/mol. The Morgan fingerprint density at radius 3 is 2.43 bits per heavy atom. The molecule has 6 aromatic rings. The summed E-state index contributed by atoms with van der Waals surface area (Å²) < 4.78 is 119. The van der Waals surface area contributed by atoms with Gasteiger partial charge in [0.1, 0.15) is 35.4 Å². The number of nitrogens with zero attached hydrogens (tertiary/aromatic N) is 7. The second-order valence-electron chi connectivity index (χ2n) is 15.8. The summed E-state index contributed by atoms with van der Waals surface area (Å²) in [7, 11) is -2.42. The molecule has 0 unspecified atom stereocenters. The molecule has 1 amide bonds. The van der Waals surface area contributed by atoms with Gasteiger partial charge in [-0.15, -0.1) is 0 Å². The Labute approximate surface area is 348 Å². The van der Waals surface area contributed by atoms with E-state index in [2.05, 4.69) is 25.1 Å². The summed E-state index contributed by atoms with van der Waals surface area (Å²) in [6, 6.07) is 9.12. The zero-order valence-corrected chi connectivity index (χ0v) is 34.0. The minimum absolute atomic E-state index is 0.00113. The molecule has 2 fully saturated rings. The first-order valence-electron chi connectivity index (χ1n) is 19.4. The number of anilines is 2. The van der Waals surface area contributed by atoms with Crippen LogP contribution in [0.5, 0.6) is 0 Å². The fourth-order valence-electron chi connectivity index (χ4n) is 8.92. The van der Waals surface area contributed by atoms with Crippen LogP contribution >= 0.6 is 11.6 Å². The number of rotatable bonds is 11. The van der Waals surface area contributed by atoms with E-state index in [-0.39, 0.29) is 61.7 Å². The lowest BCUT2D eigenvalue weighted by molar-refractivity contribution is -0.123. The molecule has 3 atom stereocenters. The summed E-state index contributed by atoms with van der Waals surface area (Å²) in [5.74, 6) is -8.82. The SMILES string of the molecule is Cn1nc(NS(C)(=O)=O)c2c(Cl)ccc(-n3c([C@H](Cc4cc(F)cc(F)c4)NC(=O)Cn4nc(C(F)F)c5c4C(F)(F)[C@@H]4C[C@H]54)nc4cc(N5CCCCC5)ccc4c3=O)c21.